The predicted octanol–water partition coefficient (Wildman–Crippen LogP) is 1.30. The maximum absolute atomic E-state index is 5.65. The molecule has 6 heteroatoms. The number of aryl methyl sites for hydroxylation is 1. The maximum atomic E-state index is 5.65. The standard InChI is InChI=1S/C14H16N4OS/c1-18-14(16-11-17-18)20-10-9-19-13-6-4-12(5-7-13)3-2-8-15/h4-7,11H,8-10,15H2,1H3. The van der Waals surface area contributed by atoms with Crippen LogP contribution in [0.15, 0.2) is 35.7 Å². The number of benzene rings is 1. The van der Waals surface area contributed by atoms with Crippen molar-refractivity contribution in [2.45, 2.75) is 5.16 Å². The number of nitrogens with zero attached hydrogens (tertiary/aromatic N) is 3. The van der Waals surface area contributed by atoms with E-state index >= 15 is 0 Å². The monoisotopic (exact) mass is 288 g/mol. The molecule has 1 aromatic heterocycles. The van der Waals surface area contributed by atoms with Gasteiger partial charge in [0.05, 0.1) is 13.2 Å². The first kappa shape index (κ1) is 14.4. The fraction of sp³-hybridized carbons (Fsp3) is 0.286. The van der Waals surface area contributed by atoms with Crippen LogP contribution < -0.4 is 10.5 Å². The molecule has 2 rings (SSSR count). The van der Waals surface area contributed by atoms with Crippen molar-refractivity contribution in [1.82, 2.24) is 14.8 Å². The van der Waals surface area contributed by atoms with Gasteiger partial charge in [-0.05, 0) is 24.3 Å². The highest BCUT2D eigenvalue weighted by molar-refractivity contribution is 7.99. The second-order valence-electron chi connectivity index (χ2n) is 3.89. The maximum Gasteiger partial charge on any atom is 0.185 e. The highest BCUT2D eigenvalue weighted by Crippen LogP contribution is 2.15. The Morgan fingerprint density at radius 3 is 2.80 bits per heavy atom. The normalized spacial score (nSPS) is 9.90. The highest BCUT2D eigenvalue weighted by atomic mass is 32.2. The number of ether oxygens (including phenoxy) is 1. The van der Waals surface area contributed by atoms with Crippen LogP contribution in [0.25, 0.3) is 0 Å². The van der Waals surface area contributed by atoms with Crippen molar-refractivity contribution in [3.05, 3.63) is 36.2 Å². The van der Waals surface area contributed by atoms with Gasteiger partial charge in [-0.25, -0.2) is 9.67 Å². The molecule has 0 saturated heterocycles. The van der Waals surface area contributed by atoms with Crippen molar-refractivity contribution in [1.29, 1.82) is 0 Å². The van der Waals surface area contributed by atoms with E-state index in [1.165, 1.54) is 0 Å². The zero-order valence-corrected chi connectivity index (χ0v) is 12.1. The van der Waals surface area contributed by atoms with E-state index in [0.717, 1.165) is 22.2 Å². The summed E-state index contributed by atoms with van der Waals surface area (Å²) >= 11 is 1.62. The number of rotatable bonds is 5. The molecule has 0 aliphatic carbocycles. The molecule has 20 heavy (non-hydrogen) atoms. The topological polar surface area (TPSA) is 66.0 Å². The zero-order valence-electron chi connectivity index (χ0n) is 11.2. The summed E-state index contributed by atoms with van der Waals surface area (Å²) < 4.78 is 7.40. The molecule has 0 unspecified atom stereocenters. The SMILES string of the molecule is Cn1ncnc1SCCOc1ccc(C#CCN)cc1. The van der Waals surface area contributed by atoms with Crippen molar-refractivity contribution >= 4 is 11.8 Å². The van der Waals surface area contributed by atoms with Crippen molar-refractivity contribution < 1.29 is 4.74 Å². The van der Waals surface area contributed by atoms with Gasteiger partial charge >= 0.3 is 0 Å². The Morgan fingerprint density at radius 2 is 2.15 bits per heavy atom. The van der Waals surface area contributed by atoms with Crippen molar-refractivity contribution in [2.75, 3.05) is 18.9 Å². The lowest BCUT2D eigenvalue weighted by molar-refractivity contribution is 0.344. The fourth-order valence-corrected chi connectivity index (χ4v) is 2.20. The van der Waals surface area contributed by atoms with Crippen molar-refractivity contribution in [2.24, 2.45) is 12.8 Å². The molecule has 0 amide bonds. The highest BCUT2D eigenvalue weighted by Gasteiger charge is 2.01. The van der Waals surface area contributed by atoms with Gasteiger partial charge < -0.3 is 10.5 Å². The molecule has 104 valence electrons. The van der Waals surface area contributed by atoms with Gasteiger partial charge in [0.1, 0.15) is 12.1 Å². The van der Waals surface area contributed by atoms with Crippen molar-refractivity contribution in [3.8, 4) is 17.6 Å². The van der Waals surface area contributed by atoms with Gasteiger partial charge in [-0.1, -0.05) is 23.6 Å². The first-order valence-electron chi connectivity index (χ1n) is 6.18. The molecule has 0 saturated carbocycles. The Balaban J connectivity index is 1.75. The first-order valence-corrected chi connectivity index (χ1v) is 7.17. The summed E-state index contributed by atoms with van der Waals surface area (Å²) in [6, 6.07) is 7.67. The molecule has 0 spiro atoms. The molecule has 0 aliphatic heterocycles. The van der Waals surface area contributed by atoms with Crippen LogP contribution in [0.2, 0.25) is 0 Å². The molecule has 0 aliphatic rings. The Bertz CT molecular complexity index is 598. The van der Waals surface area contributed by atoms with Crippen LogP contribution in [0, 0.1) is 11.8 Å². The second-order valence-corrected chi connectivity index (χ2v) is 4.96. The van der Waals surface area contributed by atoms with E-state index in [-0.39, 0.29) is 0 Å². The van der Waals surface area contributed by atoms with Crippen molar-refractivity contribution in [3.63, 3.8) is 0 Å². The summed E-state index contributed by atoms with van der Waals surface area (Å²) in [4.78, 5) is 4.13. The number of thioether (sulfide) groups is 1. The van der Waals surface area contributed by atoms with Gasteiger partial charge in [0.2, 0.25) is 0 Å². The third kappa shape index (κ3) is 4.30. The lowest BCUT2D eigenvalue weighted by Crippen LogP contribution is -2.02. The largest absolute Gasteiger partial charge is 0.493 e. The summed E-state index contributed by atoms with van der Waals surface area (Å²) in [6.45, 7) is 0.989. The average Bonchev–Trinajstić information content (AvgIpc) is 2.88. The smallest absolute Gasteiger partial charge is 0.185 e. The second kappa shape index (κ2) is 7.58. The first-order chi connectivity index (χ1) is 9.79. The third-order valence-electron chi connectivity index (χ3n) is 2.44. The van der Waals surface area contributed by atoms with Gasteiger partial charge in [-0.3, -0.25) is 0 Å². The Kier molecular flexibility index (Phi) is 5.47. The van der Waals surface area contributed by atoms with E-state index in [4.69, 9.17) is 10.5 Å². The third-order valence-corrected chi connectivity index (χ3v) is 3.44. The molecule has 0 fully saturated rings. The molecule has 2 aromatic rings. The van der Waals surface area contributed by atoms with Crippen LogP contribution in [0.4, 0.5) is 0 Å². The van der Waals surface area contributed by atoms with Gasteiger partial charge in [-0.2, -0.15) is 5.10 Å². The van der Waals surface area contributed by atoms with E-state index in [9.17, 15) is 0 Å². The van der Waals surface area contributed by atoms with E-state index in [2.05, 4.69) is 21.9 Å². The Morgan fingerprint density at radius 1 is 1.35 bits per heavy atom. The summed E-state index contributed by atoms with van der Waals surface area (Å²) in [7, 11) is 1.87. The Labute approximate surface area is 122 Å². The minimum Gasteiger partial charge on any atom is -0.493 e. The summed E-state index contributed by atoms with van der Waals surface area (Å²) in [6.07, 6.45) is 1.55. The lowest BCUT2D eigenvalue weighted by Gasteiger charge is -2.05. The van der Waals surface area contributed by atoms with Crippen LogP contribution >= 0.6 is 11.8 Å². The summed E-state index contributed by atoms with van der Waals surface area (Å²) in [5.74, 6) is 7.44. The minimum absolute atomic E-state index is 0.373. The van der Waals surface area contributed by atoms with Gasteiger partial charge in [-0.15, -0.1) is 0 Å². The predicted molar refractivity (Wildman–Crippen MR) is 79.6 cm³/mol. The molecule has 1 heterocycles. The van der Waals surface area contributed by atoms with Gasteiger partial charge in [0, 0.05) is 18.4 Å². The lowest BCUT2D eigenvalue weighted by atomic mass is 10.2. The molecule has 0 radical (unpaired) electrons. The van der Waals surface area contributed by atoms with Crippen LogP contribution in [0.5, 0.6) is 5.75 Å². The van der Waals surface area contributed by atoms with E-state index in [0.29, 0.717) is 13.2 Å². The molecular weight excluding hydrogens is 272 g/mol. The zero-order chi connectivity index (χ0) is 14.2. The number of hydrogen-bond donors (Lipinski definition) is 1. The molecular formula is C14H16N4OS. The van der Waals surface area contributed by atoms with Crippen LogP contribution in [0.3, 0.4) is 0 Å². The molecule has 0 atom stereocenters. The average molecular weight is 288 g/mol. The number of nitrogens with two attached hydrogens (primary N) is 1. The number of aromatic nitrogens is 3. The van der Waals surface area contributed by atoms with Crippen LogP contribution in [-0.2, 0) is 7.05 Å². The van der Waals surface area contributed by atoms with E-state index < -0.39 is 0 Å². The van der Waals surface area contributed by atoms with Crippen LogP contribution in [0.1, 0.15) is 5.56 Å². The molecule has 0 bridgehead atoms. The van der Waals surface area contributed by atoms with Crippen LogP contribution in [-0.4, -0.2) is 33.7 Å². The Hall–Kier alpha value is -1.97. The summed E-state index contributed by atoms with van der Waals surface area (Å²) in [5.41, 5.74) is 6.27. The molecule has 2 N–H and O–H groups in total. The molecule has 1 aromatic carbocycles. The minimum atomic E-state index is 0.373. The van der Waals surface area contributed by atoms with E-state index in [1.807, 2.05) is 31.3 Å². The quantitative estimate of drug-likeness (QED) is 0.510. The fourth-order valence-electron chi connectivity index (χ4n) is 1.50. The van der Waals surface area contributed by atoms with Gasteiger partial charge in [0.15, 0.2) is 5.16 Å². The summed E-state index contributed by atoms with van der Waals surface area (Å²) in [5, 5.41) is 4.90. The van der Waals surface area contributed by atoms with E-state index in [1.54, 1.807) is 22.8 Å². The van der Waals surface area contributed by atoms with Gasteiger partial charge in [0.25, 0.3) is 0 Å². The number of hydrogen-bond acceptors (Lipinski definition) is 5. The molecule has 5 nitrogen and oxygen atoms in total.